The summed E-state index contributed by atoms with van der Waals surface area (Å²) in [5, 5.41) is 13.7. The first-order valence-corrected chi connectivity index (χ1v) is 8.03. The Morgan fingerprint density at radius 1 is 1.32 bits per heavy atom. The Morgan fingerprint density at radius 3 is 2.84 bits per heavy atom. The van der Waals surface area contributed by atoms with Crippen LogP contribution in [0.25, 0.3) is 10.9 Å². The monoisotopic (exact) mass is 351 g/mol. The predicted molar refractivity (Wildman–Crippen MR) is 97.1 cm³/mol. The number of carbonyl (C=O) groups excluding carboxylic acids is 1. The summed E-state index contributed by atoms with van der Waals surface area (Å²) in [6.07, 6.45) is 1.42. The van der Waals surface area contributed by atoms with E-state index >= 15 is 0 Å². The van der Waals surface area contributed by atoms with Crippen LogP contribution in [0.3, 0.4) is 0 Å². The first kappa shape index (κ1) is 16.7. The predicted octanol–water partition coefficient (Wildman–Crippen LogP) is 4.68. The van der Waals surface area contributed by atoms with Crippen molar-refractivity contribution in [2.75, 3.05) is 11.9 Å². The van der Waals surface area contributed by atoms with Gasteiger partial charge in [0.15, 0.2) is 0 Å². The molecule has 0 amide bonds. The number of carbonyl (C=O) groups is 1. The molecule has 0 fully saturated rings. The summed E-state index contributed by atoms with van der Waals surface area (Å²) in [6.45, 7) is 2.00. The molecule has 0 saturated heterocycles. The van der Waals surface area contributed by atoms with Crippen LogP contribution in [0.1, 0.15) is 22.8 Å². The Morgan fingerprint density at radius 2 is 2.12 bits per heavy atom. The molecule has 3 aromatic rings. The molecule has 0 unspecified atom stereocenters. The Balaban J connectivity index is 2.22. The molecule has 6 heteroatoms. The Kier molecular flexibility index (Phi) is 4.82. The van der Waals surface area contributed by atoms with Crippen molar-refractivity contribution in [2.45, 2.75) is 6.92 Å². The van der Waals surface area contributed by atoms with Crippen molar-refractivity contribution in [3.05, 3.63) is 64.8 Å². The van der Waals surface area contributed by atoms with Crippen molar-refractivity contribution in [1.82, 2.24) is 4.98 Å². The topological polar surface area (TPSA) is 75.0 Å². The van der Waals surface area contributed by atoms with Crippen molar-refractivity contribution in [1.29, 1.82) is 5.26 Å². The van der Waals surface area contributed by atoms with Crippen molar-refractivity contribution in [3.8, 4) is 6.07 Å². The van der Waals surface area contributed by atoms with E-state index in [0.29, 0.717) is 38.4 Å². The van der Waals surface area contributed by atoms with Crippen molar-refractivity contribution in [3.63, 3.8) is 0 Å². The van der Waals surface area contributed by atoms with Crippen LogP contribution in [0.15, 0.2) is 48.7 Å². The van der Waals surface area contributed by atoms with E-state index in [9.17, 15) is 10.1 Å². The van der Waals surface area contributed by atoms with E-state index in [0.717, 1.165) is 0 Å². The summed E-state index contributed by atoms with van der Waals surface area (Å²) < 4.78 is 5.13. The van der Waals surface area contributed by atoms with Crippen LogP contribution in [-0.4, -0.2) is 17.6 Å². The number of pyridine rings is 1. The first-order valence-electron chi connectivity index (χ1n) is 7.65. The van der Waals surface area contributed by atoms with Gasteiger partial charge in [0.25, 0.3) is 0 Å². The van der Waals surface area contributed by atoms with E-state index in [4.69, 9.17) is 16.3 Å². The number of ether oxygens (including phenoxy) is 1. The number of para-hydroxylation sites is 1. The summed E-state index contributed by atoms with van der Waals surface area (Å²) in [5.41, 5.74) is 2.49. The maximum Gasteiger partial charge on any atom is 0.341 e. The van der Waals surface area contributed by atoms with Gasteiger partial charge in [0, 0.05) is 22.3 Å². The standard InChI is InChI=1S/C19H14ClN3O2/c1-2-25-19(24)16-11-22-17-12(10-21)5-3-8-15(17)18(16)23-14-7-4-6-13(20)9-14/h3-9,11H,2H2,1H3,(H,22,23). The van der Waals surface area contributed by atoms with Crippen LogP contribution < -0.4 is 5.32 Å². The molecule has 0 aliphatic carbocycles. The summed E-state index contributed by atoms with van der Waals surface area (Å²) in [7, 11) is 0. The SMILES string of the molecule is CCOC(=O)c1cnc2c(C#N)cccc2c1Nc1cccc(Cl)c1. The number of nitrogens with one attached hydrogen (secondary N) is 1. The van der Waals surface area contributed by atoms with Crippen LogP contribution in [0, 0.1) is 11.3 Å². The molecule has 1 aromatic heterocycles. The van der Waals surface area contributed by atoms with Crippen LogP contribution in [-0.2, 0) is 4.74 Å². The van der Waals surface area contributed by atoms with Gasteiger partial charge in [0.2, 0.25) is 0 Å². The van der Waals surface area contributed by atoms with Gasteiger partial charge in [-0.3, -0.25) is 4.98 Å². The number of aromatic nitrogens is 1. The lowest BCUT2D eigenvalue weighted by Gasteiger charge is -2.14. The molecule has 5 nitrogen and oxygen atoms in total. The fourth-order valence-electron chi connectivity index (χ4n) is 2.52. The normalized spacial score (nSPS) is 10.3. The van der Waals surface area contributed by atoms with Crippen molar-refractivity contribution in [2.24, 2.45) is 0 Å². The molecule has 0 saturated carbocycles. The molecule has 0 bridgehead atoms. The average Bonchev–Trinajstić information content (AvgIpc) is 2.61. The number of fused-ring (bicyclic) bond motifs is 1. The van der Waals surface area contributed by atoms with Gasteiger partial charge in [-0.1, -0.05) is 29.8 Å². The van der Waals surface area contributed by atoms with Gasteiger partial charge in [0.05, 0.1) is 23.4 Å². The maximum absolute atomic E-state index is 12.3. The summed E-state index contributed by atoms with van der Waals surface area (Å²) in [6, 6.07) is 14.5. The van der Waals surface area contributed by atoms with Gasteiger partial charge in [-0.05, 0) is 31.2 Å². The quantitative estimate of drug-likeness (QED) is 0.691. The van der Waals surface area contributed by atoms with E-state index in [-0.39, 0.29) is 6.61 Å². The number of nitriles is 1. The minimum absolute atomic E-state index is 0.256. The zero-order valence-electron chi connectivity index (χ0n) is 13.4. The summed E-state index contributed by atoms with van der Waals surface area (Å²) in [5.74, 6) is -0.483. The lowest BCUT2D eigenvalue weighted by Crippen LogP contribution is -2.09. The minimum Gasteiger partial charge on any atom is -0.462 e. The summed E-state index contributed by atoms with van der Waals surface area (Å²) >= 11 is 6.04. The number of hydrogen-bond acceptors (Lipinski definition) is 5. The molecule has 0 atom stereocenters. The number of nitrogens with zero attached hydrogens (tertiary/aromatic N) is 2. The van der Waals surface area contributed by atoms with Gasteiger partial charge in [0.1, 0.15) is 11.6 Å². The highest BCUT2D eigenvalue weighted by atomic mass is 35.5. The molecule has 124 valence electrons. The molecule has 2 aromatic carbocycles. The molecular formula is C19H14ClN3O2. The van der Waals surface area contributed by atoms with E-state index in [2.05, 4.69) is 16.4 Å². The molecular weight excluding hydrogens is 338 g/mol. The van der Waals surface area contributed by atoms with Gasteiger partial charge < -0.3 is 10.1 Å². The lowest BCUT2D eigenvalue weighted by molar-refractivity contribution is 0.0527. The number of benzene rings is 2. The van der Waals surface area contributed by atoms with Gasteiger partial charge >= 0.3 is 5.97 Å². The number of halogens is 1. The van der Waals surface area contributed by atoms with Crippen LogP contribution in [0.4, 0.5) is 11.4 Å². The molecule has 1 N–H and O–H groups in total. The third-order valence-electron chi connectivity index (χ3n) is 3.61. The van der Waals surface area contributed by atoms with E-state index < -0.39 is 5.97 Å². The van der Waals surface area contributed by atoms with E-state index in [1.54, 1.807) is 43.3 Å². The van der Waals surface area contributed by atoms with Crippen LogP contribution >= 0.6 is 11.6 Å². The van der Waals surface area contributed by atoms with Gasteiger partial charge in [-0.15, -0.1) is 0 Å². The van der Waals surface area contributed by atoms with E-state index in [1.165, 1.54) is 6.20 Å². The largest absolute Gasteiger partial charge is 0.462 e. The molecule has 3 rings (SSSR count). The first-order chi connectivity index (χ1) is 12.1. The van der Waals surface area contributed by atoms with Crippen molar-refractivity contribution < 1.29 is 9.53 Å². The molecule has 0 radical (unpaired) electrons. The minimum atomic E-state index is -0.483. The fourth-order valence-corrected chi connectivity index (χ4v) is 2.71. The van der Waals surface area contributed by atoms with Crippen LogP contribution in [0.2, 0.25) is 5.02 Å². The number of esters is 1. The zero-order valence-corrected chi connectivity index (χ0v) is 14.2. The highest BCUT2D eigenvalue weighted by molar-refractivity contribution is 6.30. The number of hydrogen-bond donors (Lipinski definition) is 1. The zero-order chi connectivity index (χ0) is 17.8. The molecule has 1 heterocycles. The molecule has 0 aliphatic heterocycles. The maximum atomic E-state index is 12.3. The third kappa shape index (κ3) is 3.39. The number of anilines is 2. The Hall–Kier alpha value is -3.10. The second-order valence-electron chi connectivity index (χ2n) is 5.22. The van der Waals surface area contributed by atoms with Crippen molar-refractivity contribution >= 4 is 39.8 Å². The van der Waals surface area contributed by atoms with Gasteiger partial charge in [-0.2, -0.15) is 5.26 Å². The highest BCUT2D eigenvalue weighted by Gasteiger charge is 2.18. The highest BCUT2D eigenvalue weighted by Crippen LogP contribution is 2.31. The smallest absolute Gasteiger partial charge is 0.341 e. The van der Waals surface area contributed by atoms with Crippen LogP contribution in [0.5, 0.6) is 0 Å². The van der Waals surface area contributed by atoms with Gasteiger partial charge in [-0.25, -0.2) is 4.79 Å². The average molecular weight is 352 g/mol. The number of rotatable bonds is 4. The fraction of sp³-hybridized carbons (Fsp3) is 0.105. The summed E-state index contributed by atoms with van der Waals surface area (Å²) in [4.78, 5) is 16.6. The molecule has 0 spiro atoms. The Bertz CT molecular complexity index is 996. The second kappa shape index (κ2) is 7.20. The second-order valence-corrected chi connectivity index (χ2v) is 5.65. The Labute approximate surface area is 149 Å². The van der Waals surface area contributed by atoms with E-state index in [1.807, 2.05) is 6.07 Å². The molecule has 25 heavy (non-hydrogen) atoms. The lowest BCUT2D eigenvalue weighted by atomic mass is 10.1. The molecule has 0 aliphatic rings. The third-order valence-corrected chi connectivity index (χ3v) is 3.84.